The Hall–Kier alpha value is -4.75. The molecule has 4 aromatic carbocycles. The van der Waals surface area contributed by atoms with E-state index in [-0.39, 0.29) is 20.1 Å². The quantitative estimate of drug-likeness (QED) is 0.133. The molecule has 6 nitrogen and oxygen atoms in total. The predicted octanol–water partition coefficient (Wildman–Crippen LogP) is 8.27. The topological polar surface area (TPSA) is 69.6 Å². The summed E-state index contributed by atoms with van der Waals surface area (Å²) in [4.78, 5) is 17.8. The molecule has 8 rings (SSSR count). The molecule has 0 atom stereocenters. The Morgan fingerprint density at radius 3 is 2.36 bits per heavy atom. The van der Waals surface area contributed by atoms with Crippen LogP contribution in [0.4, 0.5) is 0 Å². The molecule has 0 amide bonds. The summed E-state index contributed by atoms with van der Waals surface area (Å²) >= 11 is 0. The first-order valence-corrected chi connectivity index (χ1v) is 18.0. The molecule has 8 aromatic rings. The molecule has 0 N–H and O–H groups in total. The van der Waals surface area contributed by atoms with Gasteiger partial charge in [0, 0.05) is 37.4 Å². The van der Waals surface area contributed by atoms with Crippen molar-refractivity contribution < 1.29 is 24.5 Å². The normalized spacial score (nSPS) is 11.3. The Morgan fingerprint density at radius 1 is 0.778 bits per heavy atom. The van der Waals surface area contributed by atoms with Gasteiger partial charge in [0.1, 0.15) is 17.4 Å². The summed E-state index contributed by atoms with van der Waals surface area (Å²) in [5, 5.41) is 3.55. The van der Waals surface area contributed by atoms with Gasteiger partial charge in [0.15, 0.2) is 5.65 Å². The maximum absolute atomic E-state index is 6.46. The van der Waals surface area contributed by atoms with Gasteiger partial charge in [-0.2, -0.15) is 0 Å². The van der Waals surface area contributed by atoms with Gasteiger partial charge in [-0.25, -0.2) is 9.97 Å². The number of para-hydroxylation sites is 1. The van der Waals surface area contributed by atoms with Gasteiger partial charge in [-0.1, -0.05) is 78.2 Å². The van der Waals surface area contributed by atoms with Crippen molar-refractivity contribution >= 4 is 46.4 Å². The van der Waals surface area contributed by atoms with Crippen molar-refractivity contribution in [3.63, 3.8) is 0 Å². The van der Waals surface area contributed by atoms with Crippen LogP contribution in [0, 0.1) is 12.1 Å². The molecule has 0 bridgehead atoms. The molecule has 0 aliphatic rings. The number of hydrogen-bond acceptors (Lipinski definition) is 5. The minimum atomic E-state index is -1.45. The summed E-state index contributed by atoms with van der Waals surface area (Å²) in [5.41, 5.74) is 6.98. The van der Waals surface area contributed by atoms with Gasteiger partial charge in [0.05, 0.1) is 25.7 Å². The second kappa shape index (κ2) is 12.7. The van der Waals surface area contributed by atoms with Crippen LogP contribution in [0.5, 0.6) is 0 Å². The Kier molecular flexibility index (Phi) is 8.54. The summed E-state index contributed by atoms with van der Waals surface area (Å²) in [6.07, 6.45) is 5.08. The molecule has 0 aliphatic heterocycles. The van der Waals surface area contributed by atoms with E-state index in [1.165, 1.54) is 5.19 Å². The molecule has 0 saturated heterocycles. The first kappa shape index (κ1) is 30.3. The molecule has 45 heavy (non-hydrogen) atoms. The molecule has 0 unspecified atom stereocenters. The van der Waals surface area contributed by atoms with Gasteiger partial charge < -0.3 is 14.0 Å². The van der Waals surface area contributed by atoms with Crippen LogP contribution < -0.4 is 5.19 Å². The Labute approximate surface area is 276 Å². The summed E-state index contributed by atoms with van der Waals surface area (Å²) in [6.45, 7) is 7.04. The number of nitrogens with zero attached hydrogens (tertiary/aromatic N) is 5. The van der Waals surface area contributed by atoms with Gasteiger partial charge in [-0.05, 0) is 30.0 Å². The van der Waals surface area contributed by atoms with Crippen LogP contribution in [-0.2, 0) is 20.1 Å². The van der Waals surface area contributed by atoms with Crippen LogP contribution in [0.3, 0.4) is 0 Å². The minimum absolute atomic E-state index is 0. The van der Waals surface area contributed by atoms with E-state index in [1.54, 1.807) is 18.7 Å². The molecule has 0 spiro atoms. The maximum atomic E-state index is 6.46. The van der Waals surface area contributed by atoms with Crippen LogP contribution >= 0.6 is 0 Å². The second-order valence-corrected chi connectivity index (χ2v) is 16.6. The third-order valence-corrected chi connectivity index (χ3v) is 9.55. The van der Waals surface area contributed by atoms with E-state index in [9.17, 15) is 0 Å². The number of aromatic nitrogens is 5. The number of fused-ring (bicyclic) bond motifs is 4. The molecule has 8 heteroatoms. The third-order valence-electron chi connectivity index (χ3n) is 7.51. The fraction of sp³-hybridized carbons (Fsp3) is 0.0811. The second-order valence-electron chi connectivity index (χ2n) is 11.5. The average molecular weight is 780 g/mol. The van der Waals surface area contributed by atoms with Crippen LogP contribution in [-0.4, -0.2) is 32.6 Å². The van der Waals surface area contributed by atoms with Gasteiger partial charge in [-0.15, -0.1) is 54.1 Å². The van der Waals surface area contributed by atoms with E-state index < -0.39 is 8.07 Å². The number of imidazole rings is 1. The molecule has 0 fully saturated rings. The molecular weight excluding hydrogens is 751 g/mol. The molecule has 0 saturated carbocycles. The molecule has 0 aliphatic carbocycles. The largest absolute Gasteiger partial charge is 0.501 e. The average Bonchev–Trinajstić information content (AvgIpc) is 3.64. The van der Waals surface area contributed by atoms with Crippen molar-refractivity contribution in [1.82, 2.24) is 24.5 Å². The van der Waals surface area contributed by atoms with Crippen molar-refractivity contribution in [2.75, 3.05) is 0 Å². The van der Waals surface area contributed by atoms with Gasteiger partial charge in [-0.3, -0.25) is 4.98 Å². The fourth-order valence-corrected chi connectivity index (χ4v) is 6.42. The van der Waals surface area contributed by atoms with Crippen molar-refractivity contribution in [3.05, 3.63) is 134 Å². The number of furan rings is 1. The fourth-order valence-electron chi connectivity index (χ4n) is 5.27. The van der Waals surface area contributed by atoms with Crippen LogP contribution in [0.15, 0.2) is 126 Å². The Morgan fingerprint density at radius 2 is 1.60 bits per heavy atom. The van der Waals surface area contributed by atoms with Crippen LogP contribution in [0.1, 0.15) is 0 Å². The molecule has 223 valence electrons. The number of pyridine rings is 1. The summed E-state index contributed by atoms with van der Waals surface area (Å²) in [6, 6.07) is 41.0. The number of hydrogen-bond donors (Lipinski definition) is 0. The minimum Gasteiger partial charge on any atom is -0.501 e. The van der Waals surface area contributed by atoms with Gasteiger partial charge in [0.25, 0.3) is 0 Å². The van der Waals surface area contributed by atoms with Crippen molar-refractivity contribution in [3.8, 4) is 28.3 Å². The SMILES string of the molecule is C[Si](C)(C)c1ccc2c(c1)oc1c(-c3nc4cncnc4n3-c3ccccc3)[c-]ccc12.[Ir].[c-]1ccccc1-c1ccccn1. The van der Waals surface area contributed by atoms with E-state index in [0.29, 0.717) is 0 Å². The van der Waals surface area contributed by atoms with E-state index in [0.717, 1.165) is 61.4 Å². The van der Waals surface area contributed by atoms with Crippen LogP contribution in [0.2, 0.25) is 19.6 Å². The zero-order valence-electron chi connectivity index (χ0n) is 25.0. The van der Waals surface area contributed by atoms with Crippen molar-refractivity contribution in [1.29, 1.82) is 0 Å². The van der Waals surface area contributed by atoms with Gasteiger partial charge in [0.2, 0.25) is 0 Å². The molecule has 4 aromatic heterocycles. The molecule has 1 radical (unpaired) electrons. The van der Waals surface area contributed by atoms with E-state index in [1.807, 2.05) is 83.4 Å². The maximum Gasteiger partial charge on any atom is 0.158 e. The number of rotatable bonds is 4. The smallest absolute Gasteiger partial charge is 0.158 e. The monoisotopic (exact) mass is 780 g/mol. The number of benzene rings is 4. The first-order valence-electron chi connectivity index (χ1n) is 14.5. The predicted molar refractivity (Wildman–Crippen MR) is 180 cm³/mol. The van der Waals surface area contributed by atoms with Gasteiger partial charge >= 0.3 is 0 Å². The van der Waals surface area contributed by atoms with E-state index >= 15 is 0 Å². The van der Waals surface area contributed by atoms with E-state index in [2.05, 4.69) is 71.0 Å². The summed E-state index contributed by atoms with van der Waals surface area (Å²) in [5.74, 6) is 0.738. The summed E-state index contributed by atoms with van der Waals surface area (Å²) in [7, 11) is -1.45. The van der Waals surface area contributed by atoms with Crippen molar-refractivity contribution in [2.24, 2.45) is 0 Å². The molecular formula is C37H29IrN5OSi-2. The van der Waals surface area contributed by atoms with E-state index in [4.69, 9.17) is 9.40 Å². The zero-order chi connectivity index (χ0) is 30.1. The Balaban J connectivity index is 0.000000231. The third kappa shape index (κ3) is 6.00. The first-order chi connectivity index (χ1) is 21.5. The standard InChI is InChI=1S/C26H21N4OSi.C11H8N.Ir/c1-32(2,3)18-12-13-19-20-10-7-11-21(24(20)31-23(19)14-18)25-29-22-15-27-16-28-26(22)30(25)17-8-5-4-6-9-17;1-2-6-10(7-3-1)11-8-4-5-9-12-11;/h4-10,12-16H,1-3H3;1-6,8-9H;/q2*-1;. The summed E-state index contributed by atoms with van der Waals surface area (Å²) < 4.78 is 8.51. The van der Waals surface area contributed by atoms with Crippen LogP contribution in [0.25, 0.3) is 61.4 Å². The molecule has 4 heterocycles. The Bertz CT molecular complexity index is 2170. The zero-order valence-corrected chi connectivity index (χ0v) is 28.4. The van der Waals surface area contributed by atoms with Crippen molar-refractivity contribution in [2.45, 2.75) is 19.6 Å².